The van der Waals surface area contributed by atoms with E-state index in [-0.39, 0.29) is 0 Å². The van der Waals surface area contributed by atoms with Crippen molar-refractivity contribution in [2.75, 3.05) is 13.2 Å². The zero-order chi connectivity index (χ0) is 12.8. The number of benzene rings is 1. The van der Waals surface area contributed by atoms with Crippen molar-refractivity contribution in [2.45, 2.75) is 19.3 Å². The summed E-state index contributed by atoms with van der Waals surface area (Å²) in [6.45, 7) is 3.37. The monoisotopic (exact) mass is 261 g/mol. The molecule has 18 heavy (non-hydrogen) atoms. The molecule has 3 heteroatoms. The number of thiophene rings is 1. The smallest absolute Gasteiger partial charge is 0.119 e. The number of hydrogen-bond acceptors (Lipinski definition) is 3. The fraction of sp³-hybridized carbons (Fsp3) is 0.333. The van der Waals surface area contributed by atoms with Crippen LogP contribution in [0.4, 0.5) is 0 Å². The Morgan fingerprint density at radius 1 is 1.22 bits per heavy atom. The van der Waals surface area contributed by atoms with E-state index in [4.69, 9.17) is 10.5 Å². The first-order valence-electron chi connectivity index (χ1n) is 6.28. The molecular weight excluding hydrogens is 242 g/mol. The molecule has 0 saturated carbocycles. The zero-order valence-corrected chi connectivity index (χ0v) is 11.5. The van der Waals surface area contributed by atoms with Gasteiger partial charge in [-0.3, -0.25) is 0 Å². The van der Waals surface area contributed by atoms with Gasteiger partial charge in [-0.2, -0.15) is 0 Å². The summed E-state index contributed by atoms with van der Waals surface area (Å²) in [4.78, 5) is 1.39. The van der Waals surface area contributed by atoms with Gasteiger partial charge in [0.25, 0.3) is 0 Å². The maximum atomic E-state index is 5.89. The number of hydrogen-bond donors (Lipinski definition) is 1. The highest BCUT2D eigenvalue weighted by atomic mass is 32.1. The molecule has 1 atom stereocenters. The Morgan fingerprint density at radius 2 is 2.00 bits per heavy atom. The molecule has 0 saturated heterocycles. The van der Waals surface area contributed by atoms with E-state index in [1.54, 1.807) is 11.3 Å². The maximum Gasteiger partial charge on any atom is 0.119 e. The SMILES string of the molecule is CCOc1ccc(C(CN)Cc2cccs2)cc1. The summed E-state index contributed by atoms with van der Waals surface area (Å²) in [6.07, 6.45) is 1.02. The van der Waals surface area contributed by atoms with Crippen molar-refractivity contribution in [1.82, 2.24) is 0 Å². The molecule has 2 rings (SSSR count). The minimum absolute atomic E-state index is 0.388. The van der Waals surface area contributed by atoms with Gasteiger partial charge in [-0.05, 0) is 49.0 Å². The van der Waals surface area contributed by atoms with E-state index >= 15 is 0 Å². The van der Waals surface area contributed by atoms with Crippen LogP contribution in [0.5, 0.6) is 5.75 Å². The van der Waals surface area contributed by atoms with Crippen LogP contribution in [0.2, 0.25) is 0 Å². The van der Waals surface area contributed by atoms with Crippen molar-refractivity contribution in [3.63, 3.8) is 0 Å². The molecule has 1 heterocycles. The van der Waals surface area contributed by atoms with Gasteiger partial charge in [-0.25, -0.2) is 0 Å². The Balaban J connectivity index is 2.07. The molecule has 96 valence electrons. The lowest BCUT2D eigenvalue weighted by atomic mass is 9.95. The maximum absolute atomic E-state index is 5.89. The van der Waals surface area contributed by atoms with E-state index in [0.29, 0.717) is 19.1 Å². The molecule has 0 aliphatic rings. The highest BCUT2D eigenvalue weighted by molar-refractivity contribution is 7.09. The number of nitrogens with two attached hydrogens (primary N) is 1. The minimum Gasteiger partial charge on any atom is -0.494 e. The van der Waals surface area contributed by atoms with Crippen LogP contribution in [0.3, 0.4) is 0 Å². The van der Waals surface area contributed by atoms with E-state index < -0.39 is 0 Å². The highest BCUT2D eigenvalue weighted by Crippen LogP contribution is 2.24. The lowest BCUT2D eigenvalue weighted by Gasteiger charge is -2.15. The van der Waals surface area contributed by atoms with Gasteiger partial charge in [0.15, 0.2) is 0 Å². The largest absolute Gasteiger partial charge is 0.494 e. The van der Waals surface area contributed by atoms with E-state index in [1.165, 1.54) is 10.4 Å². The fourth-order valence-corrected chi connectivity index (χ4v) is 2.80. The van der Waals surface area contributed by atoms with Gasteiger partial charge >= 0.3 is 0 Å². The molecular formula is C15H19NOS. The van der Waals surface area contributed by atoms with Crippen molar-refractivity contribution in [2.24, 2.45) is 5.73 Å². The normalized spacial score (nSPS) is 12.3. The summed E-state index contributed by atoms with van der Waals surface area (Å²) in [6, 6.07) is 12.5. The van der Waals surface area contributed by atoms with Crippen LogP contribution in [0.1, 0.15) is 23.3 Å². The molecule has 2 N–H and O–H groups in total. The van der Waals surface area contributed by atoms with Gasteiger partial charge in [0.1, 0.15) is 5.75 Å². The van der Waals surface area contributed by atoms with Crippen LogP contribution in [0.15, 0.2) is 41.8 Å². The molecule has 0 aliphatic heterocycles. The van der Waals surface area contributed by atoms with Crippen LogP contribution in [-0.2, 0) is 6.42 Å². The Labute approximate surface area is 112 Å². The summed E-state index contributed by atoms with van der Waals surface area (Å²) in [5.74, 6) is 1.31. The first kappa shape index (κ1) is 13.1. The molecule has 2 nitrogen and oxygen atoms in total. The van der Waals surface area contributed by atoms with Crippen LogP contribution >= 0.6 is 11.3 Å². The first-order chi connectivity index (χ1) is 8.83. The fourth-order valence-electron chi connectivity index (χ4n) is 2.01. The topological polar surface area (TPSA) is 35.2 Å². The second kappa shape index (κ2) is 6.57. The summed E-state index contributed by atoms with van der Waals surface area (Å²) in [5.41, 5.74) is 7.18. The van der Waals surface area contributed by atoms with Gasteiger partial charge in [-0.1, -0.05) is 18.2 Å². The molecule has 2 aromatic rings. The Kier molecular flexibility index (Phi) is 4.79. The molecule has 0 amide bonds. The van der Waals surface area contributed by atoms with E-state index in [0.717, 1.165) is 12.2 Å². The van der Waals surface area contributed by atoms with Gasteiger partial charge < -0.3 is 10.5 Å². The Bertz CT molecular complexity index is 450. The van der Waals surface area contributed by atoms with Crippen molar-refractivity contribution in [1.29, 1.82) is 0 Å². The van der Waals surface area contributed by atoms with Crippen LogP contribution in [0.25, 0.3) is 0 Å². The van der Waals surface area contributed by atoms with Crippen LogP contribution in [-0.4, -0.2) is 13.2 Å². The van der Waals surface area contributed by atoms with Crippen LogP contribution in [0, 0.1) is 0 Å². The van der Waals surface area contributed by atoms with Gasteiger partial charge in [-0.15, -0.1) is 11.3 Å². The predicted octanol–water partition coefficient (Wildman–Crippen LogP) is 3.43. The average Bonchev–Trinajstić information content (AvgIpc) is 2.90. The van der Waals surface area contributed by atoms with Gasteiger partial charge in [0.05, 0.1) is 6.61 Å². The zero-order valence-electron chi connectivity index (χ0n) is 10.6. The molecule has 1 aromatic heterocycles. The third kappa shape index (κ3) is 3.34. The second-order valence-electron chi connectivity index (χ2n) is 4.22. The quantitative estimate of drug-likeness (QED) is 0.864. The standard InChI is InChI=1S/C15H19NOS/c1-2-17-14-7-5-12(6-8-14)13(11-16)10-15-4-3-9-18-15/h3-9,13H,2,10-11,16H2,1H3. The number of ether oxygens (including phenoxy) is 1. The van der Waals surface area contributed by atoms with Gasteiger partial charge in [0.2, 0.25) is 0 Å². The predicted molar refractivity (Wildman–Crippen MR) is 77.4 cm³/mol. The summed E-state index contributed by atoms with van der Waals surface area (Å²) in [7, 11) is 0. The van der Waals surface area contributed by atoms with Crippen molar-refractivity contribution in [3.05, 3.63) is 52.2 Å². The lowest BCUT2D eigenvalue weighted by molar-refractivity contribution is 0.340. The first-order valence-corrected chi connectivity index (χ1v) is 7.16. The third-order valence-electron chi connectivity index (χ3n) is 2.97. The molecule has 0 fully saturated rings. The summed E-state index contributed by atoms with van der Waals surface area (Å²) in [5, 5.41) is 2.11. The lowest BCUT2D eigenvalue weighted by Crippen LogP contribution is -2.14. The van der Waals surface area contributed by atoms with Crippen molar-refractivity contribution >= 4 is 11.3 Å². The van der Waals surface area contributed by atoms with Crippen molar-refractivity contribution < 1.29 is 4.74 Å². The van der Waals surface area contributed by atoms with Crippen LogP contribution < -0.4 is 10.5 Å². The van der Waals surface area contributed by atoms with Crippen molar-refractivity contribution in [3.8, 4) is 5.75 Å². The van der Waals surface area contributed by atoms with E-state index in [2.05, 4.69) is 29.6 Å². The Hall–Kier alpha value is -1.32. The van der Waals surface area contributed by atoms with E-state index in [1.807, 2.05) is 19.1 Å². The summed E-state index contributed by atoms with van der Waals surface area (Å²) >= 11 is 1.79. The van der Waals surface area contributed by atoms with Gasteiger partial charge in [0, 0.05) is 10.8 Å². The average molecular weight is 261 g/mol. The summed E-state index contributed by atoms with van der Waals surface area (Å²) < 4.78 is 5.45. The Morgan fingerprint density at radius 3 is 2.56 bits per heavy atom. The third-order valence-corrected chi connectivity index (χ3v) is 3.87. The molecule has 1 aromatic carbocycles. The molecule has 0 aliphatic carbocycles. The number of rotatable bonds is 6. The highest BCUT2D eigenvalue weighted by Gasteiger charge is 2.11. The molecule has 0 radical (unpaired) electrons. The molecule has 0 spiro atoms. The second-order valence-corrected chi connectivity index (χ2v) is 5.25. The minimum atomic E-state index is 0.388. The molecule has 1 unspecified atom stereocenters. The molecule has 0 bridgehead atoms. The van der Waals surface area contributed by atoms with E-state index in [9.17, 15) is 0 Å².